The number of sulfonamides is 1. The first-order valence-electron chi connectivity index (χ1n) is 5.32. The molecule has 3 N–H and O–H groups in total. The summed E-state index contributed by atoms with van der Waals surface area (Å²) in [5.74, 6) is 0. The van der Waals surface area contributed by atoms with Gasteiger partial charge in [-0.05, 0) is 52.3 Å². The molecule has 8 heteroatoms. The Labute approximate surface area is 138 Å². The molecule has 2 aromatic carbocycles. The summed E-state index contributed by atoms with van der Waals surface area (Å²) in [6, 6.07) is 9.30. The Morgan fingerprint density at radius 3 is 2.45 bits per heavy atom. The van der Waals surface area contributed by atoms with Crippen LogP contribution in [0.4, 0.5) is 11.4 Å². The van der Waals surface area contributed by atoms with Gasteiger partial charge in [0.1, 0.15) is 0 Å². The van der Waals surface area contributed by atoms with Crippen LogP contribution in [0.2, 0.25) is 5.02 Å². The van der Waals surface area contributed by atoms with Crippen LogP contribution in [0, 0.1) is 0 Å². The summed E-state index contributed by atoms with van der Waals surface area (Å²) in [6.45, 7) is 0. The molecule has 2 aromatic rings. The number of nitrogens with two attached hydrogens (primary N) is 1. The maximum absolute atomic E-state index is 12.3. The zero-order valence-electron chi connectivity index (χ0n) is 9.90. The first-order chi connectivity index (χ1) is 9.29. The number of halogens is 3. The first-order valence-corrected chi connectivity index (χ1v) is 8.77. The van der Waals surface area contributed by atoms with Gasteiger partial charge in [0.25, 0.3) is 10.0 Å². The summed E-state index contributed by atoms with van der Waals surface area (Å²) in [6.07, 6.45) is 0. The molecule has 0 aliphatic carbocycles. The number of nitrogens with one attached hydrogen (secondary N) is 1. The van der Waals surface area contributed by atoms with Gasteiger partial charge in [0.15, 0.2) is 0 Å². The molecule has 0 aliphatic rings. The van der Waals surface area contributed by atoms with E-state index in [1.54, 1.807) is 24.3 Å². The first kappa shape index (κ1) is 15.6. The van der Waals surface area contributed by atoms with Crippen LogP contribution in [0.5, 0.6) is 0 Å². The second-order valence-corrected chi connectivity index (χ2v) is 7.77. The molecular formula is C12H9Br2ClN2O2S. The van der Waals surface area contributed by atoms with E-state index < -0.39 is 10.0 Å². The van der Waals surface area contributed by atoms with E-state index in [-0.39, 0.29) is 4.90 Å². The maximum atomic E-state index is 12.3. The Bertz CT molecular complexity index is 766. The highest BCUT2D eigenvalue weighted by atomic mass is 79.9. The van der Waals surface area contributed by atoms with Gasteiger partial charge in [-0.3, -0.25) is 4.72 Å². The number of nitrogen functional groups attached to an aromatic ring is 1. The average Bonchev–Trinajstić information content (AvgIpc) is 2.36. The summed E-state index contributed by atoms with van der Waals surface area (Å²) in [4.78, 5) is 0.0641. The summed E-state index contributed by atoms with van der Waals surface area (Å²) < 4.78 is 28.3. The van der Waals surface area contributed by atoms with Gasteiger partial charge in [-0.2, -0.15) is 0 Å². The quantitative estimate of drug-likeness (QED) is 0.701. The Balaban J connectivity index is 2.40. The number of hydrogen-bond acceptors (Lipinski definition) is 3. The molecule has 0 aliphatic heterocycles. The van der Waals surface area contributed by atoms with Crippen LogP contribution in [0.1, 0.15) is 0 Å². The lowest BCUT2D eigenvalue weighted by atomic mass is 10.3. The van der Waals surface area contributed by atoms with Gasteiger partial charge in [0.2, 0.25) is 0 Å². The van der Waals surface area contributed by atoms with Crippen molar-refractivity contribution in [1.82, 2.24) is 0 Å². The second kappa shape index (κ2) is 5.93. The third-order valence-electron chi connectivity index (χ3n) is 2.45. The molecule has 2 rings (SSSR count). The van der Waals surface area contributed by atoms with Crippen molar-refractivity contribution in [2.24, 2.45) is 0 Å². The fourth-order valence-corrected chi connectivity index (χ4v) is 3.40. The molecule has 0 radical (unpaired) electrons. The lowest BCUT2D eigenvalue weighted by Gasteiger charge is -2.11. The van der Waals surface area contributed by atoms with E-state index in [9.17, 15) is 8.42 Å². The largest absolute Gasteiger partial charge is 0.398 e. The van der Waals surface area contributed by atoms with E-state index in [1.165, 1.54) is 12.1 Å². The molecule has 0 unspecified atom stereocenters. The predicted octanol–water partition coefficient (Wildman–Crippen LogP) is 4.25. The number of anilines is 2. The van der Waals surface area contributed by atoms with E-state index in [0.29, 0.717) is 20.9 Å². The highest BCUT2D eigenvalue weighted by Crippen LogP contribution is 2.29. The van der Waals surface area contributed by atoms with Gasteiger partial charge in [-0.15, -0.1) is 0 Å². The molecule has 0 amide bonds. The second-order valence-electron chi connectivity index (χ2n) is 3.91. The van der Waals surface area contributed by atoms with E-state index in [2.05, 4.69) is 36.6 Å². The molecule has 0 spiro atoms. The molecule has 0 heterocycles. The number of benzene rings is 2. The fraction of sp³-hybridized carbons (Fsp3) is 0. The summed E-state index contributed by atoms with van der Waals surface area (Å²) >= 11 is 12.4. The van der Waals surface area contributed by atoms with E-state index >= 15 is 0 Å². The topological polar surface area (TPSA) is 72.2 Å². The van der Waals surface area contributed by atoms with Crippen LogP contribution in [-0.4, -0.2) is 8.42 Å². The van der Waals surface area contributed by atoms with Gasteiger partial charge in [-0.1, -0.05) is 27.5 Å². The highest BCUT2D eigenvalue weighted by molar-refractivity contribution is 9.10. The van der Waals surface area contributed by atoms with Crippen molar-refractivity contribution in [3.8, 4) is 0 Å². The number of rotatable bonds is 3. The van der Waals surface area contributed by atoms with E-state index in [1.807, 2.05) is 0 Å². The van der Waals surface area contributed by atoms with Crippen molar-refractivity contribution in [3.05, 3.63) is 50.4 Å². The Morgan fingerprint density at radius 2 is 1.80 bits per heavy atom. The van der Waals surface area contributed by atoms with Gasteiger partial charge in [0, 0.05) is 14.6 Å². The van der Waals surface area contributed by atoms with Crippen LogP contribution in [-0.2, 0) is 10.0 Å². The summed E-state index contributed by atoms with van der Waals surface area (Å²) in [7, 11) is -3.75. The van der Waals surface area contributed by atoms with Crippen molar-refractivity contribution >= 4 is 64.9 Å². The van der Waals surface area contributed by atoms with Gasteiger partial charge in [0.05, 0.1) is 15.6 Å². The van der Waals surface area contributed by atoms with Gasteiger partial charge >= 0.3 is 0 Å². The summed E-state index contributed by atoms with van der Waals surface area (Å²) in [5.41, 5.74) is 6.33. The Kier molecular flexibility index (Phi) is 4.63. The zero-order chi connectivity index (χ0) is 14.9. The Hall–Kier alpha value is -0.760. The molecule has 0 fully saturated rings. The monoisotopic (exact) mass is 438 g/mol. The van der Waals surface area contributed by atoms with E-state index in [4.69, 9.17) is 17.3 Å². The molecular weight excluding hydrogens is 431 g/mol. The number of hydrogen-bond donors (Lipinski definition) is 2. The lowest BCUT2D eigenvalue weighted by molar-refractivity contribution is 0.601. The molecule has 0 bridgehead atoms. The van der Waals surface area contributed by atoms with Crippen LogP contribution in [0.15, 0.2) is 50.2 Å². The van der Waals surface area contributed by atoms with Crippen molar-refractivity contribution in [2.45, 2.75) is 4.90 Å². The van der Waals surface area contributed by atoms with Crippen LogP contribution < -0.4 is 10.5 Å². The Morgan fingerprint density at radius 1 is 1.10 bits per heavy atom. The van der Waals surface area contributed by atoms with Gasteiger partial charge < -0.3 is 5.73 Å². The van der Waals surface area contributed by atoms with Crippen LogP contribution in [0.3, 0.4) is 0 Å². The molecule has 0 aromatic heterocycles. The van der Waals surface area contributed by atoms with Crippen molar-refractivity contribution in [2.75, 3.05) is 10.5 Å². The highest BCUT2D eigenvalue weighted by Gasteiger charge is 2.17. The maximum Gasteiger partial charge on any atom is 0.262 e. The SMILES string of the molecule is Nc1cc(S(=O)(=O)Nc2cc(Br)ccc2Cl)ccc1Br. The normalized spacial score (nSPS) is 11.3. The molecule has 0 saturated carbocycles. The van der Waals surface area contributed by atoms with Crippen LogP contribution in [0.25, 0.3) is 0 Å². The minimum atomic E-state index is -3.75. The van der Waals surface area contributed by atoms with Crippen molar-refractivity contribution in [3.63, 3.8) is 0 Å². The van der Waals surface area contributed by atoms with Crippen LogP contribution >= 0.6 is 43.5 Å². The third-order valence-corrected chi connectivity index (χ3v) is 5.36. The minimum Gasteiger partial charge on any atom is -0.398 e. The van der Waals surface area contributed by atoms with Crippen molar-refractivity contribution in [1.29, 1.82) is 0 Å². The standard InChI is InChI=1S/C12H9Br2ClN2O2S/c13-7-1-4-10(15)12(5-7)17-20(18,19)8-2-3-9(14)11(16)6-8/h1-6,17H,16H2. The predicted molar refractivity (Wildman–Crippen MR) is 88.5 cm³/mol. The van der Waals surface area contributed by atoms with Gasteiger partial charge in [-0.25, -0.2) is 8.42 Å². The zero-order valence-corrected chi connectivity index (χ0v) is 14.6. The molecule has 20 heavy (non-hydrogen) atoms. The molecule has 106 valence electrons. The molecule has 0 atom stereocenters. The molecule has 4 nitrogen and oxygen atoms in total. The third kappa shape index (κ3) is 3.46. The van der Waals surface area contributed by atoms with Crippen molar-refractivity contribution < 1.29 is 8.42 Å². The average molecular weight is 441 g/mol. The fourth-order valence-electron chi connectivity index (χ4n) is 1.47. The minimum absolute atomic E-state index is 0.0641. The lowest BCUT2D eigenvalue weighted by Crippen LogP contribution is -2.13. The van der Waals surface area contributed by atoms with E-state index in [0.717, 1.165) is 4.47 Å². The smallest absolute Gasteiger partial charge is 0.262 e. The summed E-state index contributed by atoms with van der Waals surface area (Å²) in [5, 5.41) is 0.307. The molecule has 0 saturated heterocycles.